The van der Waals surface area contributed by atoms with Crippen molar-refractivity contribution in [2.24, 2.45) is 0 Å². The maximum absolute atomic E-state index is 9.44. The summed E-state index contributed by atoms with van der Waals surface area (Å²) < 4.78 is 0. The van der Waals surface area contributed by atoms with Crippen molar-refractivity contribution in [1.29, 1.82) is 5.26 Å². The van der Waals surface area contributed by atoms with E-state index < -0.39 is 0 Å². The van der Waals surface area contributed by atoms with E-state index in [1.54, 1.807) is 0 Å². The average Bonchev–Trinajstić information content (AvgIpc) is 3.14. The molecule has 0 spiro atoms. The lowest BCUT2D eigenvalue weighted by Crippen LogP contribution is -2.47. The summed E-state index contributed by atoms with van der Waals surface area (Å²) in [5, 5.41) is 18.3. The van der Waals surface area contributed by atoms with Gasteiger partial charge in [-0.05, 0) is 24.3 Å². The molecule has 6 heteroatoms. The minimum Gasteiger partial charge on any atom is -0.368 e. The van der Waals surface area contributed by atoms with Crippen molar-refractivity contribution in [3.05, 3.63) is 66.4 Å². The van der Waals surface area contributed by atoms with Crippen molar-refractivity contribution >= 4 is 11.5 Å². The Hall–Kier alpha value is -3.33. The molecule has 2 heterocycles. The zero-order valence-electron chi connectivity index (χ0n) is 13.8. The van der Waals surface area contributed by atoms with E-state index in [1.807, 2.05) is 36.4 Å². The van der Waals surface area contributed by atoms with Gasteiger partial charge in [0.2, 0.25) is 5.69 Å². The standard InChI is InChI=1S/C19H18N6/c20-15-18-19(22-25(21-18)17-9-5-2-6-10-17)24-13-11-23(12-14-24)16-7-3-1-4-8-16/h1-10H,11-14H2. The highest BCUT2D eigenvalue weighted by Crippen LogP contribution is 2.21. The molecule has 0 radical (unpaired) electrons. The molecule has 0 N–H and O–H groups in total. The Bertz CT molecular complexity index is 873. The first kappa shape index (κ1) is 15.2. The van der Waals surface area contributed by atoms with E-state index in [0.29, 0.717) is 11.5 Å². The predicted molar refractivity (Wildman–Crippen MR) is 96.9 cm³/mol. The molecule has 0 unspecified atom stereocenters. The van der Waals surface area contributed by atoms with E-state index in [2.05, 4.69) is 50.3 Å². The Labute approximate surface area is 146 Å². The van der Waals surface area contributed by atoms with Gasteiger partial charge in [0.1, 0.15) is 6.07 Å². The largest absolute Gasteiger partial charge is 0.368 e. The van der Waals surface area contributed by atoms with Gasteiger partial charge < -0.3 is 9.80 Å². The van der Waals surface area contributed by atoms with Crippen molar-refractivity contribution in [3.63, 3.8) is 0 Å². The molecule has 0 atom stereocenters. The van der Waals surface area contributed by atoms with Gasteiger partial charge in [0.15, 0.2) is 5.82 Å². The van der Waals surface area contributed by atoms with Crippen LogP contribution in [-0.2, 0) is 0 Å². The van der Waals surface area contributed by atoms with Crippen LogP contribution in [0.1, 0.15) is 5.69 Å². The summed E-state index contributed by atoms with van der Waals surface area (Å²) in [6, 6.07) is 22.2. The third-order valence-corrected chi connectivity index (χ3v) is 4.39. The summed E-state index contributed by atoms with van der Waals surface area (Å²) >= 11 is 0. The molecule has 0 bridgehead atoms. The zero-order valence-corrected chi connectivity index (χ0v) is 13.8. The Balaban J connectivity index is 1.53. The van der Waals surface area contributed by atoms with Crippen molar-refractivity contribution in [2.75, 3.05) is 36.0 Å². The summed E-state index contributed by atoms with van der Waals surface area (Å²) in [6.07, 6.45) is 0. The fourth-order valence-electron chi connectivity index (χ4n) is 3.08. The number of aromatic nitrogens is 3. The first-order valence-electron chi connectivity index (χ1n) is 8.33. The first-order chi connectivity index (χ1) is 12.3. The van der Waals surface area contributed by atoms with Crippen LogP contribution in [-0.4, -0.2) is 41.2 Å². The Morgan fingerprint density at radius 3 is 1.88 bits per heavy atom. The molecule has 1 aromatic heterocycles. The molecule has 3 aromatic rings. The molecule has 4 rings (SSSR count). The summed E-state index contributed by atoms with van der Waals surface area (Å²) in [5.74, 6) is 0.666. The maximum Gasteiger partial charge on any atom is 0.207 e. The monoisotopic (exact) mass is 330 g/mol. The van der Waals surface area contributed by atoms with E-state index in [9.17, 15) is 5.26 Å². The summed E-state index contributed by atoms with van der Waals surface area (Å²) in [4.78, 5) is 6.03. The van der Waals surface area contributed by atoms with Crippen LogP contribution in [0.15, 0.2) is 60.7 Å². The smallest absolute Gasteiger partial charge is 0.207 e. The van der Waals surface area contributed by atoms with Gasteiger partial charge in [-0.25, -0.2) is 0 Å². The summed E-state index contributed by atoms with van der Waals surface area (Å²) in [5.41, 5.74) is 2.46. The van der Waals surface area contributed by atoms with Gasteiger partial charge in [-0.3, -0.25) is 0 Å². The number of nitriles is 1. The van der Waals surface area contributed by atoms with E-state index in [-0.39, 0.29) is 0 Å². The lowest BCUT2D eigenvalue weighted by molar-refractivity contribution is 0.641. The van der Waals surface area contributed by atoms with Gasteiger partial charge in [0, 0.05) is 31.9 Å². The first-order valence-corrected chi connectivity index (χ1v) is 8.33. The Morgan fingerprint density at radius 1 is 0.720 bits per heavy atom. The third kappa shape index (κ3) is 3.04. The number of rotatable bonds is 3. The zero-order chi connectivity index (χ0) is 17.1. The topological polar surface area (TPSA) is 61.0 Å². The van der Waals surface area contributed by atoms with Crippen LogP contribution in [0.3, 0.4) is 0 Å². The molecule has 25 heavy (non-hydrogen) atoms. The Morgan fingerprint density at radius 2 is 1.28 bits per heavy atom. The van der Waals surface area contributed by atoms with E-state index in [4.69, 9.17) is 0 Å². The lowest BCUT2D eigenvalue weighted by atomic mass is 10.2. The van der Waals surface area contributed by atoms with Crippen molar-refractivity contribution in [1.82, 2.24) is 15.0 Å². The van der Waals surface area contributed by atoms with Gasteiger partial charge in [-0.2, -0.15) is 5.26 Å². The van der Waals surface area contributed by atoms with Gasteiger partial charge in [0.25, 0.3) is 0 Å². The second-order valence-electron chi connectivity index (χ2n) is 5.92. The van der Waals surface area contributed by atoms with Crippen LogP contribution < -0.4 is 9.80 Å². The molecule has 1 fully saturated rings. The van der Waals surface area contributed by atoms with Gasteiger partial charge >= 0.3 is 0 Å². The number of para-hydroxylation sites is 2. The summed E-state index contributed by atoms with van der Waals surface area (Å²) in [6.45, 7) is 3.42. The van der Waals surface area contributed by atoms with E-state index in [1.165, 1.54) is 10.5 Å². The number of nitrogens with zero attached hydrogens (tertiary/aromatic N) is 6. The SMILES string of the molecule is N#Cc1nn(-c2ccccc2)nc1N1CCN(c2ccccc2)CC1. The molecule has 1 saturated heterocycles. The molecular formula is C19H18N6. The molecular weight excluding hydrogens is 312 g/mol. The molecule has 0 amide bonds. The predicted octanol–water partition coefficient (Wildman–Crippen LogP) is 2.47. The highest BCUT2D eigenvalue weighted by Gasteiger charge is 2.23. The maximum atomic E-state index is 9.44. The highest BCUT2D eigenvalue weighted by molar-refractivity contribution is 5.53. The minimum absolute atomic E-state index is 0.372. The fraction of sp³-hybridized carbons (Fsp3) is 0.211. The lowest BCUT2D eigenvalue weighted by Gasteiger charge is -2.36. The third-order valence-electron chi connectivity index (χ3n) is 4.39. The highest BCUT2D eigenvalue weighted by atomic mass is 15.5. The second kappa shape index (κ2) is 6.65. The molecule has 2 aromatic carbocycles. The molecule has 0 saturated carbocycles. The minimum atomic E-state index is 0.372. The number of anilines is 2. The van der Waals surface area contributed by atoms with Crippen LogP contribution in [0.5, 0.6) is 0 Å². The molecule has 1 aliphatic heterocycles. The molecule has 124 valence electrons. The van der Waals surface area contributed by atoms with Gasteiger partial charge in [0.05, 0.1) is 5.69 Å². The fourth-order valence-corrected chi connectivity index (χ4v) is 3.08. The molecule has 6 nitrogen and oxygen atoms in total. The van der Waals surface area contributed by atoms with Crippen molar-refractivity contribution in [2.45, 2.75) is 0 Å². The van der Waals surface area contributed by atoms with Gasteiger partial charge in [-0.1, -0.05) is 36.4 Å². The van der Waals surface area contributed by atoms with Crippen LogP contribution >= 0.6 is 0 Å². The van der Waals surface area contributed by atoms with E-state index >= 15 is 0 Å². The second-order valence-corrected chi connectivity index (χ2v) is 5.92. The molecule has 1 aliphatic rings. The Kier molecular flexibility index (Phi) is 4.05. The number of piperazine rings is 1. The van der Waals surface area contributed by atoms with Crippen LogP contribution in [0.25, 0.3) is 5.69 Å². The van der Waals surface area contributed by atoms with Crippen molar-refractivity contribution in [3.8, 4) is 11.8 Å². The van der Waals surface area contributed by atoms with Gasteiger partial charge in [-0.15, -0.1) is 15.0 Å². The number of hydrogen-bond donors (Lipinski definition) is 0. The summed E-state index contributed by atoms with van der Waals surface area (Å²) in [7, 11) is 0. The number of hydrogen-bond acceptors (Lipinski definition) is 5. The van der Waals surface area contributed by atoms with Crippen molar-refractivity contribution < 1.29 is 0 Å². The molecule has 0 aliphatic carbocycles. The van der Waals surface area contributed by atoms with Crippen LogP contribution in [0, 0.1) is 11.3 Å². The van der Waals surface area contributed by atoms with E-state index in [0.717, 1.165) is 31.9 Å². The number of benzene rings is 2. The average molecular weight is 330 g/mol. The van der Waals surface area contributed by atoms with Crippen LogP contribution in [0.2, 0.25) is 0 Å². The normalized spacial score (nSPS) is 14.4. The van der Waals surface area contributed by atoms with Crippen LogP contribution in [0.4, 0.5) is 11.5 Å². The quantitative estimate of drug-likeness (QED) is 0.738.